The van der Waals surface area contributed by atoms with E-state index < -0.39 is 17.4 Å². The second-order valence-corrected chi connectivity index (χ2v) is 2.53. The molecular weight excluding hydrogens is 205 g/mol. The molecule has 1 rings (SSSR count). The number of rotatable bonds is 0. The third-order valence-electron chi connectivity index (χ3n) is 1.27. The maximum absolute atomic E-state index is 12.1. The summed E-state index contributed by atoms with van der Waals surface area (Å²) >= 11 is 5.32. The lowest BCUT2D eigenvalue weighted by molar-refractivity contribution is -0.138. The molecule has 1 heterocycles. The minimum absolute atomic E-state index is 0.135. The Hall–Kier alpha value is -1.28. The van der Waals surface area contributed by atoms with Crippen LogP contribution in [0, 0.1) is 11.3 Å². The van der Waals surface area contributed by atoms with Crippen molar-refractivity contribution in [3.63, 3.8) is 0 Å². The van der Waals surface area contributed by atoms with E-state index in [0.717, 1.165) is 12.1 Å². The van der Waals surface area contributed by atoms with Gasteiger partial charge in [-0.1, -0.05) is 11.6 Å². The van der Waals surface area contributed by atoms with Crippen LogP contribution in [0.3, 0.4) is 0 Å². The van der Waals surface area contributed by atoms with Crippen molar-refractivity contribution < 1.29 is 13.2 Å². The van der Waals surface area contributed by atoms with Gasteiger partial charge in [-0.05, 0) is 12.1 Å². The number of hydrogen-bond acceptors (Lipinski definition) is 2. The van der Waals surface area contributed by atoms with Crippen molar-refractivity contribution in [2.45, 2.75) is 6.18 Å². The number of hydrogen-bond donors (Lipinski definition) is 0. The molecule has 0 fully saturated rings. The highest BCUT2D eigenvalue weighted by Gasteiger charge is 2.34. The fourth-order valence-corrected chi connectivity index (χ4v) is 0.897. The Bertz CT molecular complexity index is 367. The van der Waals surface area contributed by atoms with Gasteiger partial charge in [0, 0.05) is 0 Å². The molecule has 0 amide bonds. The van der Waals surface area contributed by atoms with Crippen LogP contribution in [0.5, 0.6) is 0 Å². The first-order valence-corrected chi connectivity index (χ1v) is 3.47. The fourth-order valence-electron chi connectivity index (χ4n) is 0.749. The predicted octanol–water partition coefficient (Wildman–Crippen LogP) is 2.63. The first-order valence-electron chi connectivity index (χ1n) is 3.09. The molecule has 1 aromatic heterocycles. The van der Waals surface area contributed by atoms with Gasteiger partial charge in [0.1, 0.15) is 11.2 Å². The lowest BCUT2D eigenvalue weighted by Crippen LogP contribution is -2.08. The van der Waals surface area contributed by atoms with E-state index in [9.17, 15) is 13.2 Å². The van der Waals surface area contributed by atoms with Crippen molar-refractivity contribution in [2.24, 2.45) is 0 Å². The molecule has 0 bridgehead atoms. The van der Waals surface area contributed by atoms with Crippen LogP contribution >= 0.6 is 11.6 Å². The first-order chi connectivity index (χ1) is 5.95. The Balaban J connectivity index is 3.32. The molecular formula is C7H2ClF3N2. The highest BCUT2D eigenvalue weighted by atomic mass is 35.5. The van der Waals surface area contributed by atoms with Crippen LogP contribution < -0.4 is 0 Å². The molecule has 13 heavy (non-hydrogen) atoms. The lowest BCUT2D eigenvalue weighted by Gasteiger charge is -2.06. The van der Waals surface area contributed by atoms with Crippen molar-refractivity contribution in [3.8, 4) is 6.07 Å². The number of alkyl halides is 3. The molecule has 6 heteroatoms. The molecule has 0 saturated heterocycles. The third kappa shape index (κ3) is 2.10. The standard InChI is InChI=1S/C7H2ClF3N2/c8-6-2-1-4(7(9,10)11)5(3-12)13-6/h1-2H. The van der Waals surface area contributed by atoms with Crippen LogP contribution in [0.15, 0.2) is 12.1 Å². The molecule has 0 spiro atoms. The maximum Gasteiger partial charge on any atom is 0.419 e. The van der Waals surface area contributed by atoms with E-state index in [-0.39, 0.29) is 5.15 Å². The van der Waals surface area contributed by atoms with Crippen LogP contribution in [-0.2, 0) is 6.18 Å². The topological polar surface area (TPSA) is 36.7 Å². The monoisotopic (exact) mass is 206 g/mol. The molecule has 0 aromatic carbocycles. The summed E-state index contributed by atoms with van der Waals surface area (Å²) in [5, 5.41) is 8.20. The number of pyridine rings is 1. The maximum atomic E-state index is 12.1. The highest BCUT2D eigenvalue weighted by molar-refractivity contribution is 6.29. The zero-order valence-corrected chi connectivity index (χ0v) is 6.82. The zero-order valence-electron chi connectivity index (χ0n) is 6.06. The minimum Gasteiger partial charge on any atom is -0.225 e. The summed E-state index contributed by atoms with van der Waals surface area (Å²) in [4.78, 5) is 3.24. The van der Waals surface area contributed by atoms with Gasteiger partial charge in [0.15, 0.2) is 5.69 Å². The average molecular weight is 207 g/mol. The number of nitriles is 1. The molecule has 2 nitrogen and oxygen atoms in total. The second kappa shape index (κ2) is 3.23. The molecule has 0 atom stereocenters. The van der Waals surface area contributed by atoms with Crippen molar-refractivity contribution >= 4 is 11.6 Å². The van der Waals surface area contributed by atoms with Crippen LogP contribution in [0.2, 0.25) is 5.15 Å². The minimum atomic E-state index is -4.57. The lowest BCUT2D eigenvalue weighted by atomic mass is 10.2. The SMILES string of the molecule is N#Cc1nc(Cl)ccc1C(F)(F)F. The second-order valence-electron chi connectivity index (χ2n) is 2.14. The molecule has 1 aromatic rings. The van der Waals surface area contributed by atoms with E-state index in [1.165, 1.54) is 6.07 Å². The Morgan fingerprint density at radius 1 is 1.38 bits per heavy atom. The Morgan fingerprint density at radius 2 is 2.00 bits per heavy atom. The zero-order chi connectivity index (χ0) is 10.1. The Morgan fingerprint density at radius 3 is 2.46 bits per heavy atom. The molecule has 0 aliphatic rings. The summed E-state index contributed by atoms with van der Waals surface area (Å²) in [6.07, 6.45) is -4.57. The normalized spacial score (nSPS) is 11.0. The summed E-state index contributed by atoms with van der Waals surface area (Å²) in [7, 11) is 0. The molecule has 0 radical (unpaired) electrons. The molecule has 68 valence electrons. The van der Waals surface area contributed by atoms with Crippen LogP contribution in [0.4, 0.5) is 13.2 Å². The van der Waals surface area contributed by atoms with Gasteiger partial charge in [0.2, 0.25) is 0 Å². The Kier molecular flexibility index (Phi) is 2.43. The molecule has 0 aliphatic carbocycles. The van der Waals surface area contributed by atoms with Crippen molar-refractivity contribution in [1.82, 2.24) is 4.98 Å². The molecule has 0 N–H and O–H groups in total. The van der Waals surface area contributed by atoms with E-state index >= 15 is 0 Å². The average Bonchev–Trinajstić information content (AvgIpc) is 2.01. The van der Waals surface area contributed by atoms with Gasteiger partial charge in [-0.3, -0.25) is 0 Å². The molecule has 0 unspecified atom stereocenters. The van der Waals surface area contributed by atoms with Gasteiger partial charge in [-0.25, -0.2) is 4.98 Å². The van der Waals surface area contributed by atoms with Gasteiger partial charge < -0.3 is 0 Å². The van der Waals surface area contributed by atoms with Gasteiger partial charge in [-0.15, -0.1) is 0 Å². The summed E-state index contributed by atoms with van der Waals surface area (Å²) in [5.41, 5.74) is -1.78. The van der Waals surface area contributed by atoms with Crippen molar-refractivity contribution in [3.05, 3.63) is 28.5 Å². The quantitative estimate of drug-likeness (QED) is 0.612. The highest BCUT2D eigenvalue weighted by Crippen LogP contribution is 2.31. The first kappa shape index (κ1) is 9.81. The summed E-state index contributed by atoms with van der Waals surface area (Å²) in [6, 6.07) is 3.05. The summed E-state index contributed by atoms with van der Waals surface area (Å²) < 4.78 is 36.4. The molecule has 0 aliphatic heterocycles. The predicted molar refractivity (Wildman–Crippen MR) is 39.0 cm³/mol. The van der Waals surface area contributed by atoms with Gasteiger partial charge >= 0.3 is 6.18 Å². The van der Waals surface area contributed by atoms with E-state index in [2.05, 4.69) is 4.98 Å². The Labute approximate surface area is 76.6 Å². The van der Waals surface area contributed by atoms with Crippen molar-refractivity contribution in [2.75, 3.05) is 0 Å². The summed E-state index contributed by atoms with van der Waals surface area (Å²) in [5.74, 6) is 0. The van der Waals surface area contributed by atoms with Crippen LogP contribution in [0.1, 0.15) is 11.3 Å². The number of aromatic nitrogens is 1. The largest absolute Gasteiger partial charge is 0.419 e. The van der Waals surface area contributed by atoms with E-state index in [1.54, 1.807) is 0 Å². The fraction of sp³-hybridized carbons (Fsp3) is 0.143. The van der Waals surface area contributed by atoms with Crippen LogP contribution in [0.25, 0.3) is 0 Å². The summed E-state index contributed by atoms with van der Waals surface area (Å²) in [6.45, 7) is 0. The number of nitrogens with zero attached hydrogens (tertiary/aromatic N) is 2. The van der Waals surface area contributed by atoms with Crippen molar-refractivity contribution in [1.29, 1.82) is 5.26 Å². The van der Waals surface area contributed by atoms with Crippen LogP contribution in [-0.4, -0.2) is 4.98 Å². The van der Waals surface area contributed by atoms with E-state index in [0.29, 0.717) is 0 Å². The van der Waals surface area contributed by atoms with E-state index in [4.69, 9.17) is 16.9 Å². The van der Waals surface area contributed by atoms with E-state index in [1.807, 2.05) is 0 Å². The van der Waals surface area contributed by atoms with Gasteiger partial charge in [0.05, 0.1) is 5.56 Å². The third-order valence-corrected chi connectivity index (χ3v) is 1.48. The number of halogens is 4. The molecule has 0 saturated carbocycles. The smallest absolute Gasteiger partial charge is 0.225 e. The van der Waals surface area contributed by atoms with Gasteiger partial charge in [-0.2, -0.15) is 18.4 Å². The van der Waals surface area contributed by atoms with Gasteiger partial charge in [0.25, 0.3) is 0 Å².